The van der Waals surface area contributed by atoms with Crippen LogP contribution in [0.25, 0.3) is 11.1 Å². The largest absolute Gasteiger partial charge is 0.383 e. The Bertz CT molecular complexity index is 1120. The summed E-state index contributed by atoms with van der Waals surface area (Å²) in [5.41, 5.74) is 7.73. The summed E-state index contributed by atoms with van der Waals surface area (Å²) < 4.78 is 0. The number of nitrogens with zero attached hydrogens (tertiary/aromatic N) is 4. The van der Waals surface area contributed by atoms with Crippen molar-refractivity contribution < 1.29 is 4.79 Å². The van der Waals surface area contributed by atoms with Crippen molar-refractivity contribution in [3.63, 3.8) is 0 Å². The summed E-state index contributed by atoms with van der Waals surface area (Å²) in [7, 11) is 0. The van der Waals surface area contributed by atoms with E-state index in [0.717, 1.165) is 11.8 Å². The molecule has 8 heteroatoms. The van der Waals surface area contributed by atoms with Gasteiger partial charge < -0.3 is 5.73 Å². The maximum Gasteiger partial charge on any atom is 0.174 e. The predicted molar refractivity (Wildman–Crippen MR) is 108 cm³/mol. The molecule has 28 heavy (non-hydrogen) atoms. The molecular weight excluding hydrogens is 394 g/mol. The molecule has 1 aromatic carbocycles. The third-order valence-corrected chi connectivity index (χ3v) is 5.10. The van der Waals surface area contributed by atoms with Gasteiger partial charge in [-0.1, -0.05) is 35.5 Å². The van der Waals surface area contributed by atoms with Gasteiger partial charge in [-0.25, -0.2) is 4.98 Å². The molecule has 0 radical (unpaired) electrons. The van der Waals surface area contributed by atoms with Crippen molar-refractivity contribution in [2.24, 2.45) is 0 Å². The minimum atomic E-state index is -0.153. The molecule has 136 valence electrons. The van der Waals surface area contributed by atoms with E-state index in [4.69, 9.17) is 17.3 Å². The second-order valence-electron chi connectivity index (χ2n) is 5.61. The number of hydrogen-bond acceptors (Lipinski definition) is 7. The lowest BCUT2D eigenvalue weighted by atomic mass is 9.97. The minimum absolute atomic E-state index is 0.00257. The van der Waals surface area contributed by atoms with Gasteiger partial charge in [0.05, 0.1) is 11.3 Å². The Morgan fingerprint density at radius 2 is 1.86 bits per heavy atom. The van der Waals surface area contributed by atoms with Crippen LogP contribution in [0, 0.1) is 22.7 Å². The molecule has 0 fully saturated rings. The molecule has 0 amide bonds. The van der Waals surface area contributed by atoms with Gasteiger partial charge in [0.25, 0.3) is 0 Å². The van der Waals surface area contributed by atoms with E-state index in [0.29, 0.717) is 26.7 Å². The second-order valence-corrected chi connectivity index (χ2v) is 7.01. The first-order valence-corrected chi connectivity index (χ1v) is 9.37. The van der Waals surface area contributed by atoms with Gasteiger partial charge >= 0.3 is 0 Å². The molecule has 2 heterocycles. The van der Waals surface area contributed by atoms with Crippen LogP contribution in [0.5, 0.6) is 0 Å². The van der Waals surface area contributed by atoms with Crippen LogP contribution in [-0.4, -0.2) is 21.5 Å². The van der Waals surface area contributed by atoms with Crippen LogP contribution in [-0.2, 0) is 0 Å². The zero-order chi connectivity index (χ0) is 20.1. The number of nitriles is 2. The smallest absolute Gasteiger partial charge is 0.174 e. The van der Waals surface area contributed by atoms with Crippen LogP contribution in [0.3, 0.4) is 0 Å². The standard InChI is InChI=1S/C20H12ClN5OS/c21-14-5-3-12(4-6-14)18-15(8-22)19(24)26-20(16(18)9-23)28-11-17(27)13-2-1-7-25-10-13/h1-7,10H,11H2,(H2,24,26). The molecule has 2 N–H and O–H groups in total. The molecule has 0 saturated carbocycles. The fraction of sp³-hybridized carbons (Fsp3) is 0.0500. The number of benzene rings is 1. The van der Waals surface area contributed by atoms with Crippen molar-refractivity contribution in [1.29, 1.82) is 10.5 Å². The number of ketones is 1. The number of nitrogens with two attached hydrogens (primary N) is 1. The van der Waals surface area contributed by atoms with Gasteiger partial charge in [-0.3, -0.25) is 9.78 Å². The van der Waals surface area contributed by atoms with E-state index in [1.54, 1.807) is 42.6 Å². The average molecular weight is 406 g/mol. The monoisotopic (exact) mass is 405 g/mol. The lowest BCUT2D eigenvalue weighted by Gasteiger charge is -2.13. The van der Waals surface area contributed by atoms with Crippen LogP contribution >= 0.6 is 23.4 Å². The van der Waals surface area contributed by atoms with Crippen LogP contribution in [0.2, 0.25) is 5.02 Å². The van der Waals surface area contributed by atoms with Gasteiger partial charge in [0.2, 0.25) is 0 Å². The lowest BCUT2D eigenvalue weighted by Crippen LogP contribution is -2.06. The molecule has 0 spiro atoms. The third kappa shape index (κ3) is 3.96. The van der Waals surface area contributed by atoms with Crippen molar-refractivity contribution >= 4 is 35.0 Å². The SMILES string of the molecule is N#Cc1c(N)nc(SCC(=O)c2cccnc2)c(C#N)c1-c1ccc(Cl)cc1. The molecule has 0 aliphatic heterocycles. The number of aromatic nitrogens is 2. The molecule has 0 saturated heterocycles. The summed E-state index contributed by atoms with van der Waals surface area (Å²) in [6.45, 7) is 0. The molecule has 2 aromatic heterocycles. The maximum absolute atomic E-state index is 12.3. The molecular formula is C20H12ClN5OS. The number of pyridine rings is 2. The quantitative estimate of drug-likeness (QED) is 0.501. The topological polar surface area (TPSA) is 116 Å². The number of carbonyl (C=O) groups is 1. The van der Waals surface area contributed by atoms with Crippen LogP contribution < -0.4 is 5.73 Å². The van der Waals surface area contributed by atoms with Crippen LogP contribution in [0.15, 0.2) is 53.8 Å². The van der Waals surface area contributed by atoms with E-state index in [9.17, 15) is 15.3 Å². The van der Waals surface area contributed by atoms with Gasteiger partial charge in [-0.2, -0.15) is 10.5 Å². The normalized spacial score (nSPS) is 10.1. The van der Waals surface area contributed by atoms with Crippen LogP contribution in [0.1, 0.15) is 21.5 Å². The highest BCUT2D eigenvalue weighted by Crippen LogP contribution is 2.36. The Kier molecular flexibility index (Phi) is 5.90. The fourth-order valence-electron chi connectivity index (χ4n) is 2.55. The molecule has 3 aromatic rings. The number of rotatable bonds is 5. The zero-order valence-electron chi connectivity index (χ0n) is 14.4. The molecule has 0 atom stereocenters. The van der Waals surface area contributed by atoms with Crippen LogP contribution in [0.4, 0.5) is 5.82 Å². The Morgan fingerprint density at radius 3 is 2.46 bits per heavy atom. The Balaban J connectivity index is 2.03. The van der Waals surface area contributed by atoms with E-state index in [-0.39, 0.29) is 28.5 Å². The van der Waals surface area contributed by atoms with Crippen molar-refractivity contribution in [3.05, 3.63) is 70.5 Å². The van der Waals surface area contributed by atoms with Gasteiger partial charge in [-0.15, -0.1) is 0 Å². The predicted octanol–water partition coefficient (Wildman–Crippen LogP) is 4.10. The first-order chi connectivity index (χ1) is 13.5. The summed E-state index contributed by atoms with van der Waals surface area (Å²) in [5.74, 6) is -0.0961. The number of anilines is 1. The summed E-state index contributed by atoms with van der Waals surface area (Å²) in [6, 6.07) is 14.2. The summed E-state index contributed by atoms with van der Waals surface area (Å²) in [5, 5.41) is 20.1. The molecule has 6 nitrogen and oxygen atoms in total. The Hall–Kier alpha value is -3.39. The minimum Gasteiger partial charge on any atom is -0.383 e. The molecule has 0 unspecified atom stereocenters. The van der Waals surface area contributed by atoms with E-state index in [1.165, 1.54) is 6.20 Å². The number of hydrogen-bond donors (Lipinski definition) is 1. The average Bonchev–Trinajstić information content (AvgIpc) is 2.72. The third-order valence-electron chi connectivity index (χ3n) is 3.87. The van der Waals surface area contributed by atoms with E-state index >= 15 is 0 Å². The fourth-order valence-corrected chi connectivity index (χ4v) is 3.57. The van der Waals surface area contributed by atoms with Gasteiger partial charge in [0, 0.05) is 28.5 Å². The highest BCUT2D eigenvalue weighted by atomic mass is 35.5. The van der Waals surface area contributed by atoms with E-state index in [1.807, 2.05) is 6.07 Å². The van der Waals surface area contributed by atoms with E-state index in [2.05, 4.69) is 16.0 Å². The highest BCUT2D eigenvalue weighted by molar-refractivity contribution is 8.00. The van der Waals surface area contributed by atoms with Crippen molar-refractivity contribution in [3.8, 4) is 23.3 Å². The van der Waals surface area contributed by atoms with Gasteiger partial charge in [0.1, 0.15) is 28.5 Å². The van der Waals surface area contributed by atoms with Gasteiger partial charge in [0.15, 0.2) is 5.78 Å². The van der Waals surface area contributed by atoms with Crippen molar-refractivity contribution in [2.45, 2.75) is 5.03 Å². The molecule has 0 bridgehead atoms. The number of thioether (sulfide) groups is 1. The first-order valence-electron chi connectivity index (χ1n) is 8.00. The maximum atomic E-state index is 12.3. The van der Waals surface area contributed by atoms with E-state index < -0.39 is 0 Å². The summed E-state index contributed by atoms with van der Waals surface area (Å²) >= 11 is 7.03. The first kappa shape index (κ1) is 19.4. The molecule has 0 aliphatic carbocycles. The summed E-state index contributed by atoms with van der Waals surface area (Å²) in [4.78, 5) is 20.5. The number of Topliss-reactive ketones (excluding diaryl/α,β-unsaturated/α-hetero) is 1. The summed E-state index contributed by atoms with van der Waals surface area (Å²) in [6.07, 6.45) is 3.06. The number of carbonyl (C=O) groups excluding carboxylic acids is 1. The van der Waals surface area contributed by atoms with Gasteiger partial charge in [-0.05, 0) is 29.8 Å². The van der Waals surface area contributed by atoms with Crippen molar-refractivity contribution in [1.82, 2.24) is 9.97 Å². The second kappa shape index (κ2) is 8.53. The Morgan fingerprint density at radius 1 is 1.14 bits per heavy atom. The zero-order valence-corrected chi connectivity index (χ0v) is 16.0. The number of halogens is 1. The highest BCUT2D eigenvalue weighted by Gasteiger charge is 2.21. The Labute approximate surface area is 170 Å². The lowest BCUT2D eigenvalue weighted by molar-refractivity contribution is 0.102. The molecule has 3 rings (SSSR count). The number of nitrogen functional groups attached to an aromatic ring is 1. The molecule has 0 aliphatic rings. The van der Waals surface area contributed by atoms with Crippen molar-refractivity contribution in [2.75, 3.05) is 11.5 Å².